The first-order chi connectivity index (χ1) is 9.38. The van der Waals surface area contributed by atoms with Crippen molar-refractivity contribution in [2.24, 2.45) is 5.92 Å². The van der Waals surface area contributed by atoms with E-state index in [2.05, 4.69) is 28.2 Å². The predicted molar refractivity (Wildman–Crippen MR) is 73.5 cm³/mol. The lowest BCUT2D eigenvalue weighted by atomic mass is 9.84. The number of hydrogen-bond acceptors (Lipinski definition) is 2. The molecule has 3 heteroatoms. The topological polar surface area (TPSA) is 52.5 Å². The van der Waals surface area contributed by atoms with Gasteiger partial charge in [0.2, 0.25) is 0 Å². The molecule has 1 heterocycles. The van der Waals surface area contributed by atoms with Gasteiger partial charge in [-0.3, -0.25) is 0 Å². The van der Waals surface area contributed by atoms with Gasteiger partial charge < -0.3 is 4.98 Å². The highest BCUT2D eigenvalue weighted by Crippen LogP contribution is 2.40. The lowest BCUT2D eigenvalue weighted by molar-refractivity contribution is 0.469. The molecule has 0 radical (unpaired) electrons. The van der Waals surface area contributed by atoms with Crippen molar-refractivity contribution >= 4 is 0 Å². The van der Waals surface area contributed by atoms with Gasteiger partial charge in [-0.1, -0.05) is 25.0 Å². The Morgan fingerprint density at radius 3 is 2.53 bits per heavy atom. The molecule has 19 heavy (non-hydrogen) atoms. The summed E-state index contributed by atoms with van der Waals surface area (Å²) in [5.74, 6) is 2.06. The Labute approximate surface area is 113 Å². The second-order valence-electron chi connectivity index (χ2n) is 5.23. The van der Waals surface area contributed by atoms with Gasteiger partial charge in [0.1, 0.15) is 5.82 Å². The molecule has 3 nitrogen and oxygen atoms in total. The molecule has 1 unspecified atom stereocenters. The SMILES string of the molecule is N#Cc1ccc(C(c2ncc[nH]2)C2CCCC2)cc1. The van der Waals surface area contributed by atoms with Gasteiger partial charge in [-0.2, -0.15) is 5.26 Å². The van der Waals surface area contributed by atoms with E-state index in [1.54, 1.807) is 0 Å². The Bertz CT molecular complexity index is 557. The van der Waals surface area contributed by atoms with Gasteiger partial charge in [-0.25, -0.2) is 4.98 Å². The number of aromatic amines is 1. The number of rotatable bonds is 3. The predicted octanol–water partition coefficient (Wildman–Crippen LogP) is 3.60. The van der Waals surface area contributed by atoms with E-state index in [1.807, 2.05) is 24.5 Å². The molecule has 1 N–H and O–H groups in total. The molecule has 3 rings (SSSR count). The number of aromatic nitrogens is 2. The second kappa shape index (κ2) is 5.27. The van der Waals surface area contributed by atoms with Crippen LogP contribution >= 0.6 is 0 Å². The van der Waals surface area contributed by atoms with Crippen LogP contribution < -0.4 is 0 Å². The van der Waals surface area contributed by atoms with Crippen molar-refractivity contribution in [1.82, 2.24) is 9.97 Å². The number of H-pyrrole nitrogens is 1. The molecule has 0 bridgehead atoms. The van der Waals surface area contributed by atoms with E-state index in [-0.39, 0.29) is 0 Å². The van der Waals surface area contributed by atoms with Crippen LogP contribution in [0.4, 0.5) is 0 Å². The first kappa shape index (κ1) is 12.0. The third kappa shape index (κ3) is 2.39. The maximum Gasteiger partial charge on any atom is 0.113 e. The number of imidazole rings is 1. The van der Waals surface area contributed by atoms with Crippen molar-refractivity contribution in [2.75, 3.05) is 0 Å². The lowest BCUT2D eigenvalue weighted by Crippen LogP contribution is -2.13. The molecule has 1 aliphatic rings. The van der Waals surface area contributed by atoms with Crippen molar-refractivity contribution < 1.29 is 0 Å². The van der Waals surface area contributed by atoms with Gasteiger partial charge >= 0.3 is 0 Å². The summed E-state index contributed by atoms with van der Waals surface area (Å²) in [6.07, 6.45) is 8.88. The molecular formula is C16H17N3. The zero-order valence-electron chi connectivity index (χ0n) is 10.8. The number of hydrogen-bond donors (Lipinski definition) is 1. The summed E-state index contributed by atoms with van der Waals surface area (Å²) in [5, 5.41) is 8.89. The van der Waals surface area contributed by atoms with Crippen LogP contribution in [0.1, 0.15) is 48.6 Å². The van der Waals surface area contributed by atoms with Crippen molar-refractivity contribution in [3.05, 3.63) is 53.6 Å². The van der Waals surface area contributed by atoms with Crippen molar-refractivity contribution in [1.29, 1.82) is 5.26 Å². The molecule has 1 aromatic heterocycles. The van der Waals surface area contributed by atoms with Gasteiger partial charge in [0, 0.05) is 18.3 Å². The Morgan fingerprint density at radius 2 is 1.95 bits per heavy atom. The molecule has 0 saturated heterocycles. The average Bonchev–Trinajstić information content (AvgIpc) is 3.13. The highest BCUT2D eigenvalue weighted by atomic mass is 14.9. The standard InChI is InChI=1S/C16H17N3/c17-11-12-5-7-14(8-6-12)15(13-3-1-2-4-13)16-18-9-10-19-16/h5-10,13,15H,1-4H2,(H,18,19). The minimum absolute atomic E-state index is 0.338. The minimum atomic E-state index is 0.338. The van der Waals surface area contributed by atoms with E-state index in [0.29, 0.717) is 17.4 Å². The largest absolute Gasteiger partial charge is 0.348 e. The first-order valence-electron chi connectivity index (χ1n) is 6.88. The van der Waals surface area contributed by atoms with E-state index in [9.17, 15) is 0 Å². The van der Waals surface area contributed by atoms with Gasteiger partial charge in [0.05, 0.1) is 11.6 Å². The van der Waals surface area contributed by atoms with Crippen LogP contribution in [0.5, 0.6) is 0 Å². The zero-order valence-corrected chi connectivity index (χ0v) is 10.8. The fourth-order valence-corrected chi connectivity index (χ4v) is 3.16. The average molecular weight is 251 g/mol. The van der Waals surface area contributed by atoms with Crippen LogP contribution in [0.2, 0.25) is 0 Å². The number of benzene rings is 1. The van der Waals surface area contributed by atoms with Crippen LogP contribution in [0.15, 0.2) is 36.7 Å². The summed E-state index contributed by atoms with van der Waals surface area (Å²) < 4.78 is 0. The molecule has 1 aromatic carbocycles. The molecule has 1 atom stereocenters. The third-order valence-corrected chi connectivity index (χ3v) is 4.08. The summed E-state index contributed by atoms with van der Waals surface area (Å²) >= 11 is 0. The van der Waals surface area contributed by atoms with E-state index < -0.39 is 0 Å². The van der Waals surface area contributed by atoms with Crippen molar-refractivity contribution in [3.63, 3.8) is 0 Å². The normalized spacial score (nSPS) is 17.2. The van der Waals surface area contributed by atoms with Crippen LogP contribution in [-0.4, -0.2) is 9.97 Å². The van der Waals surface area contributed by atoms with Crippen LogP contribution in [0.25, 0.3) is 0 Å². The summed E-state index contributed by atoms with van der Waals surface area (Å²) in [6.45, 7) is 0. The Morgan fingerprint density at radius 1 is 1.21 bits per heavy atom. The van der Waals surface area contributed by atoms with Crippen LogP contribution in [0, 0.1) is 17.2 Å². The minimum Gasteiger partial charge on any atom is -0.348 e. The quantitative estimate of drug-likeness (QED) is 0.906. The maximum atomic E-state index is 8.89. The molecule has 0 aliphatic heterocycles. The fraction of sp³-hybridized carbons (Fsp3) is 0.375. The van der Waals surface area contributed by atoms with Crippen LogP contribution in [-0.2, 0) is 0 Å². The lowest BCUT2D eigenvalue weighted by Gasteiger charge is -2.22. The monoisotopic (exact) mass is 251 g/mol. The number of nitrogens with zero attached hydrogens (tertiary/aromatic N) is 2. The molecular weight excluding hydrogens is 234 g/mol. The van der Waals surface area contributed by atoms with Gasteiger partial charge in [0.25, 0.3) is 0 Å². The van der Waals surface area contributed by atoms with E-state index in [1.165, 1.54) is 31.2 Å². The summed E-state index contributed by atoms with van der Waals surface area (Å²) in [7, 11) is 0. The molecule has 96 valence electrons. The summed E-state index contributed by atoms with van der Waals surface area (Å²) in [4.78, 5) is 7.72. The summed E-state index contributed by atoms with van der Waals surface area (Å²) in [6, 6.07) is 10.1. The molecule has 1 saturated carbocycles. The highest BCUT2D eigenvalue weighted by Gasteiger charge is 2.29. The van der Waals surface area contributed by atoms with Gasteiger partial charge in [-0.15, -0.1) is 0 Å². The van der Waals surface area contributed by atoms with Crippen molar-refractivity contribution in [2.45, 2.75) is 31.6 Å². The Hall–Kier alpha value is -2.08. The number of nitrogens with one attached hydrogen (secondary N) is 1. The van der Waals surface area contributed by atoms with Gasteiger partial charge in [0.15, 0.2) is 0 Å². The first-order valence-corrected chi connectivity index (χ1v) is 6.88. The molecule has 0 spiro atoms. The second-order valence-corrected chi connectivity index (χ2v) is 5.23. The zero-order chi connectivity index (χ0) is 13.1. The molecule has 2 aromatic rings. The third-order valence-electron chi connectivity index (χ3n) is 4.08. The Balaban J connectivity index is 1.96. The number of nitriles is 1. The molecule has 1 fully saturated rings. The van der Waals surface area contributed by atoms with E-state index in [4.69, 9.17) is 5.26 Å². The maximum absolute atomic E-state index is 8.89. The smallest absolute Gasteiger partial charge is 0.113 e. The van der Waals surface area contributed by atoms with E-state index >= 15 is 0 Å². The van der Waals surface area contributed by atoms with Crippen LogP contribution in [0.3, 0.4) is 0 Å². The Kier molecular flexibility index (Phi) is 3.33. The van der Waals surface area contributed by atoms with E-state index in [0.717, 1.165) is 5.82 Å². The highest BCUT2D eigenvalue weighted by molar-refractivity contribution is 5.35. The van der Waals surface area contributed by atoms with Crippen molar-refractivity contribution in [3.8, 4) is 6.07 Å². The molecule has 0 amide bonds. The van der Waals surface area contributed by atoms with Gasteiger partial charge in [-0.05, 0) is 36.5 Å². The fourth-order valence-electron chi connectivity index (χ4n) is 3.16. The molecule has 1 aliphatic carbocycles. The summed E-state index contributed by atoms with van der Waals surface area (Å²) in [5.41, 5.74) is 1.98.